The molecule has 0 fully saturated rings. The van der Waals surface area contributed by atoms with Gasteiger partial charge in [0.2, 0.25) is 0 Å². The molecule has 0 aliphatic carbocycles. The lowest BCUT2D eigenvalue weighted by atomic mass is 10.2. The average Bonchev–Trinajstić information content (AvgIpc) is 2.54. The third-order valence-electron chi connectivity index (χ3n) is 2.44. The molecular weight excluding hydrogens is 280 g/mol. The first-order valence-electron chi connectivity index (χ1n) is 6.78. The number of carbonyl (C=O) groups is 1. The summed E-state index contributed by atoms with van der Waals surface area (Å²) in [4.78, 5) is 11.4. The van der Waals surface area contributed by atoms with Crippen LogP contribution in [0, 0.1) is 0 Å². The van der Waals surface area contributed by atoms with Crippen LogP contribution in [0.25, 0.3) is 6.08 Å². The van der Waals surface area contributed by atoms with E-state index in [0.29, 0.717) is 24.7 Å². The molecule has 0 amide bonds. The van der Waals surface area contributed by atoms with E-state index in [4.69, 9.17) is 14.2 Å². The van der Waals surface area contributed by atoms with E-state index in [1.54, 1.807) is 30.4 Å². The molecule has 0 saturated carbocycles. The van der Waals surface area contributed by atoms with Gasteiger partial charge in [-0.05, 0) is 23.8 Å². The van der Waals surface area contributed by atoms with Crippen LogP contribution in [-0.2, 0) is 9.53 Å². The van der Waals surface area contributed by atoms with Gasteiger partial charge in [0.1, 0.15) is 19.8 Å². The summed E-state index contributed by atoms with van der Waals surface area (Å²) in [5, 5.41) is 0. The summed E-state index contributed by atoms with van der Waals surface area (Å²) in [6.07, 6.45) is 7.80. The van der Waals surface area contributed by atoms with Gasteiger partial charge in [0.15, 0.2) is 11.5 Å². The topological polar surface area (TPSA) is 44.8 Å². The Morgan fingerprint density at radius 1 is 0.955 bits per heavy atom. The standard InChI is InChI=1S/C18H20O4/c1-4-11-20-16-9-7-15(14-17(16)21-12-5-2)8-10-18(19)22-13-6-3/h4-10,14H,1-3,11-13H2/b10-8+. The molecule has 116 valence electrons. The molecule has 4 nitrogen and oxygen atoms in total. The monoisotopic (exact) mass is 300 g/mol. The predicted molar refractivity (Wildman–Crippen MR) is 88.0 cm³/mol. The fourth-order valence-corrected chi connectivity index (χ4v) is 1.51. The summed E-state index contributed by atoms with van der Waals surface area (Å²) in [6, 6.07) is 5.37. The summed E-state index contributed by atoms with van der Waals surface area (Å²) in [6.45, 7) is 11.6. The fraction of sp³-hybridized carbons (Fsp3) is 0.167. The maximum atomic E-state index is 11.4. The molecule has 1 rings (SSSR count). The molecule has 0 bridgehead atoms. The lowest BCUT2D eigenvalue weighted by Crippen LogP contribution is -2.00. The normalized spacial score (nSPS) is 10.0. The maximum Gasteiger partial charge on any atom is 0.331 e. The molecule has 1 aromatic rings. The molecular formula is C18H20O4. The van der Waals surface area contributed by atoms with Crippen molar-refractivity contribution >= 4 is 12.0 Å². The molecule has 0 aliphatic heterocycles. The van der Waals surface area contributed by atoms with E-state index in [0.717, 1.165) is 5.56 Å². The number of esters is 1. The van der Waals surface area contributed by atoms with Crippen LogP contribution in [0.2, 0.25) is 0 Å². The van der Waals surface area contributed by atoms with Crippen molar-refractivity contribution in [3.8, 4) is 11.5 Å². The van der Waals surface area contributed by atoms with Crippen LogP contribution in [0.4, 0.5) is 0 Å². The largest absolute Gasteiger partial charge is 0.486 e. The van der Waals surface area contributed by atoms with Crippen LogP contribution in [0.1, 0.15) is 5.56 Å². The van der Waals surface area contributed by atoms with E-state index in [-0.39, 0.29) is 6.61 Å². The van der Waals surface area contributed by atoms with Crippen molar-refractivity contribution in [1.82, 2.24) is 0 Å². The SMILES string of the molecule is C=CCOC(=O)/C=C/c1ccc(OCC=C)c(OCC=C)c1. The van der Waals surface area contributed by atoms with Gasteiger partial charge in [-0.15, -0.1) is 0 Å². The summed E-state index contributed by atoms with van der Waals surface area (Å²) in [5.74, 6) is 0.747. The molecule has 22 heavy (non-hydrogen) atoms. The van der Waals surface area contributed by atoms with E-state index in [1.165, 1.54) is 12.2 Å². The fourth-order valence-electron chi connectivity index (χ4n) is 1.51. The molecule has 0 spiro atoms. The van der Waals surface area contributed by atoms with Crippen molar-refractivity contribution in [2.24, 2.45) is 0 Å². The molecule has 0 radical (unpaired) electrons. The van der Waals surface area contributed by atoms with Gasteiger partial charge in [0.05, 0.1) is 0 Å². The average molecular weight is 300 g/mol. The van der Waals surface area contributed by atoms with E-state index < -0.39 is 5.97 Å². The molecule has 4 heteroatoms. The highest BCUT2D eigenvalue weighted by Gasteiger charge is 2.05. The Balaban J connectivity index is 2.84. The first kappa shape index (κ1) is 17.3. The van der Waals surface area contributed by atoms with Gasteiger partial charge in [0.25, 0.3) is 0 Å². The first-order valence-corrected chi connectivity index (χ1v) is 6.78. The highest BCUT2D eigenvalue weighted by molar-refractivity contribution is 5.87. The Labute approximate surface area is 131 Å². The number of hydrogen-bond acceptors (Lipinski definition) is 4. The van der Waals surface area contributed by atoms with Gasteiger partial charge in [-0.1, -0.05) is 44.0 Å². The van der Waals surface area contributed by atoms with E-state index in [2.05, 4.69) is 19.7 Å². The molecule has 1 aromatic carbocycles. The minimum absolute atomic E-state index is 0.186. The van der Waals surface area contributed by atoms with Crippen molar-refractivity contribution < 1.29 is 19.0 Å². The van der Waals surface area contributed by atoms with Gasteiger partial charge in [-0.2, -0.15) is 0 Å². The first-order chi connectivity index (χ1) is 10.7. The van der Waals surface area contributed by atoms with Crippen LogP contribution in [0.3, 0.4) is 0 Å². The molecule has 0 aliphatic rings. The number of hydrogen-bond donors (Lipinski definition) is 0. The van der Waals surface area contributed by atoms with Crippen molar-refractivity contribution in [3.63, 3.8) is 0 Å². The Hall–Kier alpha value is -2.75. The number of benzene rings is 1. The van der Waals surface area contributed by atoms with Crippen LogP contribution >= 0.6 is 0 Å². The highest BCUT2D eigenvalue weighted by atomic mass is 16.5. The van der Waals surface area contributed by atoms with Gasteiger partial charge in [-0.25, -0.2) is 4.79 Å². The van der Waals surface area contributed by atoms with Gasteiger partial charge in [-0.3, -0.25) is 0 Å². The van der Waals surface area contributed by atoms with E-state index >= 15 is 0 Å². The molecule has 0 unspecified atom stereocenters. The Morgan fingerprint density at radius 3 is 2.23 bits per heavy atom. The summed E-state index contributed by atoms with van der Waals surface area (Å²) in [5.41, 5.74) is 0.792. The van der Waals surface area contributed by atoms with E-state index in [9.17, 15) is 4.79 Å². The van der Waals surface area contributed by atoms with Crippen molar-refractivity contribution in [2.75, 3.05) is 19.8 Å². The van der Waals surface area contributed by atoms with Gasteiger partial charge >= 0.3 is 5.97 Å². The molecule has 0 atom stereocenters. The third kappa shape index (κ3) is 6.13. The molecule has 0 saturated heterocycles. The zero-order valence-corrected chi connectivity index (χ0v) is 12.5. The van der Waals surface area contributed by atoms with E-state index in [1.807, 2.05) is 6.07 Å². The predicted octanol–water partition coefficient (Wildman–Crippen LogP) is 3.56. The smallest absolute Gasteiger partial charge is 0.331 e. The van der Waals surface area contributed by atoms with Crippen molar-refractivity contribution in [3.05, 3.63) is 67.8 Å². The van der Waals surface area contributed by atoms with Crippen molar-refractivity contribution in [2.45, 2.75) is 0 Å². The van der Waals surface area contributed by atoms with Crippen LogP contribution < -0.4 is 9.47 Å². The lowest BCUT2D eigenvalue weighted by Gasteiger charge is -2.11. The Morgan fingerprint density at radius 2 is 1.59 bits per heavy atom. The quantitative estimate of drug-likeness (QED) is 0.376. The Bertz CT molecular complexity index is 558. The van der Waals surface area contributed by atoms with Crippen LogP contribution in [0.5, 0.6) is 11.5 Å². The minimum Gasteiger partial charge on any atom is -0.486 e. The second-order valence-corrected chi connectivity index (χ2v) is 4.16. The van der Waals surface area contributed by atoms with Crippen LogP contribution in [0.15, 0.2) is 62.2 Å². The number of ether oxygens (including phenoxy) is 3. The second-order valence-electron chi connectivity index (χ2n) is 4.16. The lowest BCUT2D eigenvalue weighted by molar-refractivity contribution is -0.136. The van der Waals surface area contributed by atoms with Gasteiger partial charge < -0.3 is 14.2 Å². The second kappa shape index (κ2) is 10.0. The summed E-state index contributed by atoms with van der Waals surface area (Å²) in [7, 11) is 0. The third-order valence-corrected chi connectivity index (χ3v) is 2.44. The summed E-state index contributed by atoms with van der Waals surface area (Å²) >= 11 is 0. The molecule has 0 N–H and O–H groups in total. The maximum absolute atomic E-state index is 11.4. The van der Waals surface area contributed by atoms with Crippen molar-refractivity contribution in [1.29, 1.82) is 0 Å². The van der Waals surface area contributed by atoms with Gasteiger partial charge in [0, 0.05) is 6.08 Å². The zero-order chi connectivity index (χ0) is 16.2. The highest BCUT2D eigenvalue weighted by Crippen LogP contribution is 2.29. The Kier molecular flexibility index (Phi) is 7.90. The molecule has 0 aromatic heterocycles. The zero-order valence-electron chi connectivity index (χ0n) is 12.5. The van der Waals surface area contributed by atoms with Crippen LogP contribution in [-0.4, -0.2) is 25.8 Å². The summed E-state index contributed by atoms with van der Waals surface area (Å²) < 4.78 is 15.9. The molecule has 0 heterocycles. The minimum atomic E-state index is -0.430. The number of carbonyl (C=O) groups excluding carboxylic acids is 1. The number of rotatable bonds is 10.